The molecule has 3 aromatic rings. The van der Waals surface area contributed by atoms with Crippen molar-refractivity contribution in [2.24, 2.45) is 5.41 Å². The van der Waals surface area contributed by atoms with Gasteiger partial charge in [0.1, 0.15) is 5.82 Å². The number of carbonyl (C=O) groups excluding carboxylic acids is 1. The minimum absolute atomic E-state index is 0.0112. The summed E-state index contributed by atoms with van der Waals surface area (Å²) in [6.07, 6.45) is 2.78. The molecule has 1 saturated heterocycles. The van der Waals surface area contributed by atoms with E-state index in [4.69, 9.17) is 17.3 Å². The zero-order valence-corrected chi connectivity index (χ0v) is 21.6. The quantitative estimate of drug-likeness (QED) is 0.439. The van der Waals surface area contributed by atoms with Crippen molar-refractivity contribution >= 4 is 23.3 Å². The highest BCUT2D eigenvalue weighted by Gasteiger charge is 2.61. The number of rotatable bonds is 7. The van der Waals surface area contributed by atoms with Gasteiger partial charge in [-0.05, 0) is 68.2 Å². The van der Waals surface area contributed by atoms with Gasteiger partial charge in [-0.25, -0.2) is 19.9 Å². The molecule has 2 N–H and O–H groups in total. The van der Waals surface area contributed by atoms with Crippen LogP contribution in [-0.4, -0.2) is 49.7 Å². The van der Waals surface area contributed by atoms with Crippen molar-refractivity contribution in [1.82, 2.24) is 24.8 Å². The zero-order chi connectivity index (χ0) is 27.2. The van der Waals surface area contributed by atoms with Crippen molar-refractivity contribution in [2.75, 3.05) is 12.3 Å². The molecule has 0 aromatic carbocycles. The van der Waals surface area contributed by atoms with Crippen molar-refractivity contribution in [3.63, 3.8) is 0 Å². The lowest BCUT2D eigenvalue weighted by atomic mass is 9.94. The van der Waals surface area contributed by atoms with Crippen LogP contribution in [0.1, 0.15) is 48.9 Å². The highest BCUT2D eigenvalue weighted by molar-refractivity contribution is 6.31. The number of nitrogen functional groups attached to an aromatic ring is 1. The maximum atomic E-state index is 13.4. The van der Waals surface area contributed by atoms with E-state index in [2.05, 4.69) is 24.7 Å². The van der Waals surface area contributed by atoms with Gasteiger partial charge < -0.3 is 15.4 Å². The smallest absolute Gasteiger partial charge is 0.388 e. The summed E-state index contributed by atoms with van der Waals surface area (Å²) in [5.41, 5.74) is 8.98. The first-order valence-electron chi connectivity index (χ1n) is 12.2. The zero-order valence-electron chi connectivity index (χ0n) is 20.8. The molecule has 2 fully saturated rings. The average molecular weight is 547 g/mol. The molecule has 1 saturated carbocycles. The number of piperidine rings is 1. The number of aromatic nitrogens is 4. The fraction of sp³-hybridized carbons (Fsp3) is 0.423. The predicted molar refractivity (Wildman–Crippen MR) is 134 cm³/mol. The molecule has 12 heteroatoms. The average Bonchev–Trinajstić information content (AvgIpc) is 3.47. The molecular formula is C26H26ClF3N6O2. The molecule has 0 radical (unpaired) electrons. The fourth-order valence-electron chi connectivity index (χ4n) is 5.43. The van der Waals surface area contributed by atoms with Crippen molar-refractivity contribution in [2.45, 2.75) is 57.9 Å². The van der Waals surface area contributed by atoms with E-state index in [9.17, 15) is 18.0 Å². The Morgan fingerprint density at radius 1 is 1.29 bits per heavy atom. The second-order valence-electron chi connectivity index (χ2n) is 9.92. The maximum Gasteiger partial charge on any atom is 0.574 e. The van der Waals surface area contributed by atoms with Crippen molar-refractivity contribution in [3.05, 3.63) is 58.6 Å². The van der Waals surface area contributed by atoms with Gasteiger partial charge in [-0.3, -0.25) is 4.79 Å². The number of halogens is 4. The molecule has 5 rings (SSSR count). The summed E-state index contributed by atoms with van der Waals surface area (Å²) in [4.78, 5) is 31.9. The SMILES string of the molecule is Cc1nc(N)c(CC[C@]23CCN(C(=O)[C@@H](C)c4cc(OC(F)(F)F)ncc4Cl)C2C3)cc1-c1ncccn1. The third-order valence-electron chi connectivity index (χ3n) is 7.60. The molecule has 38 heavy (non-hydrogen) atoms. The molecule has 8 nitrogen and oxygen atoms in total. The topological polar surface area (TPSA) is 107 Å². The van der Waals surface area contributed by atoms with Gasteiger partial charge in [0.05, 0.1) is 16.6 Å². The van der Waals surface area contributed by atoms with E-state index in [0.717, 1.165) is 48.3 Å². The minimum Gasteiger partial charge on any atom is -0.388 e. The van der Waals surface area contributed by atoms with Crippen molar-refractivity contribution in [3.8, 4) is 17.3 Å². The predicted octanol–water partition coefficient (Wildman–Crippen LogP) is 5.10. The molecule has 1 aliphatic carbocycles. The lowest BCUT2D eigenvalue weighted by molar-refractivity contribution is -0.276. The van der Waals surface area contributed by atoms with Gasteiger partial charge in [0.15, 0.2) is 5.82 Å². The third kappa shape index (κ3) is 5.11. The molecule has 4 heterocycles. The molecule has 3 atom stereocenters. The van der Waals surface area contributed by atoms with Crippen LogP contribution in [0, 0.1) is 12.3 Å². The summed E-state index contributed by atoms with van der Waals surface area (Å²) in [5, 5.41) is 0.113. The summed E-state index contributed by atoms with van der Waals surface area (Å²) in [6, 6.07) is 4.89. The molecule has 0 bridgehead atoms. The van der Waals surface area contributed by atoms with Gasteiger partial charge in [-0.15, -0.1) is 13.2 Å². The highest BCUT2D eigenvalue weighted by Crippen LogP contribution is 2.60. The first-order valence-corrected chi connectivity index (χ1v) is 12.6. The van der Waals surface area contributed by atoms with Crippen LogP contribution in [0.5, 0.6) is 5.88 Å². The van der Waals surface area contributed by atoms with Crippen molar-refractivity contribution < 1.29 is 22.7 Å². The Kier molecular flexibility index (Phi) is 6.66. The summed E-state index contributed by atoms with van der Waals surface area (Å²) >= 11 is 6.19. The van der Waals surface area contributed by atoms with Crippen LogP contribution in [0.3, 0.4) is 0 Å². The van der Waals surface area contributed by atoms with E-state index < -0.39 is 18.2 Å². The van der Waals surface area contributed by atoms with E-state index in [1.807, 2.05) is 17.9 Å². The van der Waals surface area contributed by atoms with Gasteiger partial charge in [0, 0.05) is 42.8 Å². The summed E-state index contributed by atoms with van der Waals surface area (Å²) in [5.74, 6) is -0.516. The van der Waals surface area contributed by atoms with Gasteiger partial charge in [0.2, 0.25) is 11.8 Å². The monoisotopic (exact) mass is 546 g/mol. The van der Waals surface area contributed by atoms with E-state index in [1.165, 1.54) is 0 Å². The molecule has 1 amide bonds. The number of nitrogens with zero attached hydrogens (tertiary/aromatic N) is 5. The van der Waals surface area contributed by atoms with E-state index in [-0.39, 0.29) is 28.0 Å². The number of aryl methyl sites for hydroxylation is 2. The number of hydrogen-bond acceptors (Lipinski definition) is 7. The summed E-state index contributed by atoms with van der Waals surface area (Å²) < 4.78 is 41.8. The Bertz CT molecular complexity index is 1370. The van der Waals surface area contributed by atoms with Crippen LogP contribution in [0.15, 0.2) is 36.8 Å². The summed E-state index contributed by atoms with van der Waals surface area (Å²) in [6.45, 7) is 4.08. The van der Waals surface area contributed by atoms with Gasteiger partial charge >= 0.3 is 6.36 Å². The second kappa shape index (κ2) is 9.68. The fourth-order valence-corrected chi connectivity index (χ4v) is 5.69. The third-order valence-corrected chi connectivity index (χ3v) is 7.91. The Hall–Kier alpha value is -3.47. The lowest BCUT2D eigenvalue weighted by Gasteiger charge is -2.23. The number of likely N-dealkylation sites (tertiary alicyclic amines) is 1. The van der Waals surface area contributed by atoms with Crippen LogP contribution in [-0.2, 0) is 11.2 Å². The van der Waals surface area contributed by atoms with Crippen LogP contribution < -0.4 is 10.5 Å². The van der Waals surface area contributed by atoms with E-state index >= 15 is 0 Å². The second-order valence-corrected chi connectivity index (χ2v) is 10.3. The first kappa shape index (κ1) is 26.1. The maximum absolute atomic E-state index is 13.4. The Balaban J connectivity index is 1.27. The molecule has 1 aliphatic heterocycles. The van der Waals surface area contributed by atoms with E-state index in [0.29, 0.717) is 24.6 Å². The normalized spacial score (nSPS) is 21.2. The Labute approximate surface area is 222 Å². The van der Waals surface area contributed by atoms with Crippen LogP contribution in [0.25, 0.3) is 11.4 Å². The molecule has 200 valence electrons. The molecule has 2 aliphatic rings. The van der Waals surface area contributed by atoms with Gasteiger partial charge in [-0.1, -0.05) is 11.6 Å². The Morgan fingerprint density at radius 3 is 2.71 bits per heavy atom. The van der Waals surface area contributed by atoms with Gasteiger partial charge in [0.25, 0.3) is 0 Å². The minimum atomic E-state index is -4.89. The standard InChI is InChI=1S/C26H26ClF3N6O2/c1-14(17-11-21(34-13-19(17)27)38-26(28,29)30)24(37)36-9-6-25(12-20(25)36)5-4-16-10-18(15(2)35-22(16)31)23-32-7-3-8-33-23/h3,7-8,10-11,13-14,20H,4-6,9,12H2,1-2H3,(H2,31,35)/t14-,20?,25+/m0/s1. The highest BCUT2D eigenvalue weighted by atomic mass is 35.5. The number of carbonyl (C=O) groups is 1. The number of fused-ring (bicyclic) bond motifs is 1. The molecule has 0 spiro atoms. The number of anilines is 1. The number of alkyl halides is 3. The molecule has 1 unspecified atom stereocenters. The van der Waals surface area contributed by atoms with Crippen LogP contribution >= 0.6 is 11.6 Å². The van der Waals surface area contributed by atoms with Crippen LogP contribution in [0.4, 0.5) is 19.0 Å². The number of pyridine rings is 2. The van der Waals surface area contributed by atoms with Crippen molar-refractivity contribution in [1.29, 1.82) is 0 Å². The lowest BCUT2D eigenvalue weighted by Crippen LogP contribution is -2.34. The molecule has 3 aromatic heterocycles. The number of amides is 1. The number of ether oxygens (including phenoxy) is 1. The largest absolute Gasteiger partial charge is 0.574 e. The first-order chi connectivity index (χ1) is 18.0. The number of nitrogens with two attached hydrogens (primary N) is 1. The molecular weight excluding hydrogens is 521 g/mol. The van der Waals surface area contributed by atoms with E-state index in [1.54, 1.807) is 25.4 Å². The number of hydrogen-bond donors (Lipinski definition) is 1. The van der Waals surface area contributed by atoms with Crippen LogP contribution in [0.2, 0.25) is 5.02 Å². The Morgan fingerprint density at radius 2 is 2.03 bits per heavy atom. The summed E-state index contributed by atoms with van der Waals surface area (Å²) in [7, 11) is 0. The van der Waals surface area contributed by atoms with Gasteiger partial charge in [-0.2, -0.15) is 0 Å².